The first kappa shape index (κ1) is 17.0. The highest BCUT2D eigenvalue weighted by atomic mass is 32.2. The van der Waals surface area contributed by atoms with Crippen molar-refractivity contribution in [1.82, 2.24) is 19.9 Å². The van der Waals surface area contributed by atoms with Crippen molar-refractivity contribution in [1.29, 1.82) is 0 Å². The minimum absolute atomic E-state index is 0.0209. The third kappa shape index (κ3) is 3.58. The van der Waals surface area contributed by atoms with Crippen LogP contribution in [0.5, 0.6) is 0 Å². The minimum Gasteiger partial charge on any atom is -0.353 e. The predicted octanol–water partition coefficient (Wildman–Crippen LogP) is 3.71. The van der Waals surface area contributed by atoms with E-state index in [0.29, 0.717) is 22.6 Å². The van der Waals surface area contributed by atoms with Gasteiger partial charge >= 0.3 is 0 Å². The quantitative estimate of drug-likeness (QED) is 0.696. The Hall–Kier alpha value is -2.41. The molecule has 0 saturated heterocycles. The lowest BCUT2D eigenvalue weighted by molar-refractivity contribution is -0.119. The highest BCUT2D eigenvalue weighted by Crippen LogP contribution is 2.27. The van der Waals surface area contributed by atoms with E-state index >= 15 is 0 Å². The Kier molecular flexibility index (Phi) is 4.88. The number of benzene rings is 1. The molecule has 0 radical (unpaired) electrons. The number of imidazole rings is 1. The fraction of sp³-hybridized carbons (Fsp3) is 0.316. The lowest BCUT2D eigenvalue weighted by Crippen LogP contribution is -2.33. The topological polar surface area (TPSA) is 59.8 Å². The normalized spacial score (nSPS) is 14.8. The smallest absolute Gasteiger partial charge is 0.230 e. The summed E-state index contributed by atoms with van der Waals surface area (Å²) in [5.41, 5.74) is 2.21. The second kappa shape index (κ2) is 7.45. The van der Waals surface area contributed by atoms with Gasteiger partial charge in [0.2, 0.25) is 5.91 Å². The van der Waals surface area contributed by atoms with E-state index in [4.69, 9.17) is 0 Å². The Morgan fingerprint density at radius 2 is 2.00 bits per heavy atom. The van der Waals surface area contributed by atoms with E-state index in [9.17, 15) is 9.18 Å². The average molecular weight is 370 g/mol. The molecule has 5 nitrogen and oxygen atoms in total. The maximum atomic E-state index is 13.3. The predicted molar refractivity (Wildman–Crippen MR) is 99.9 cm³/mol. The lowest BCUT2D eigenvalue weighted by atomic mass is 10.2. The van der Waals surface area contributed by atoms with Crippen molar-refractivity contribution in [2.75, 3.05) is 5.75 Å². The van der Waals surface area contributed by atoms with Crippen molar-refractivity contribution in [2.24, 2.45) is 0 Å². The Balaban J connectivity index is 1.58. The van der Waals surface area contributed by atoms with Crippen LogP contribution in [0.1, 0.15) is 25.7 Å². The number of hydrogen-bond donors (Lipinski definition) is 1. The largest absolute Gasteiger partial charge is 0.353 e. The average Bonchev–Trinajstić information content (AvgIpc) is 3.28. The SMILES string of the molecule is O=C(CSc1nc2cccnc2n1-c1ccc(F)cc1)NC1CCCC1. The van der Waals surface area contributed by atoms with E-state index in [2.05, 4.69) is 15.3 Å². The van der Waals surface area contributed by atoms with E-state index in [0.717, 1.165) is 24.0 Å². The van der Waals surface area contributed by atoms with Gasteiger partial charge in [-0.2, -0.15) is 0 Å². The van der Waals surface area contributed by atoms with E-state index in [1.165, 1.54) is 36.7 Å². The van der Waals surface area contributed by atoms with Gasteiger partial charge in [-0.25, -0.2) is 14.4 Å². The third-order valence-electron chi connectivity index (χ3n) is 4.52. The number of amides is 1. The first-order valence-electron chi connectivity index (χ1n) is 8.72. The summed E-state index contributed by atoms with van der Waals surface area (Å²) in [6.07, 6.45) is 6.20. The van der Waals surface area contributed by atoms with Crippen molar-refractivity contribution in [3.8, 4) is 5.69 Å². The van der Waals surface area contributed by atoms with Crippen LogP contribution >= 0.6 is 11.8 Å². The first-order valence-corrected chi connectivity index (χ1v) is 9.71. The van der Waals surface area contributed by atoms with Gasteiger partial charge in [-0.05, 0) is 49.2 Å². The summed E-state index contributed by atoms with van der Waals surface area (Å²) in [5.74, 6) is 0.0185. The number of hydrogen-bond acceptors (Lipinski definition) is 4. The summed E-state index contributed by atoms with van der Waals surface area (Å²) >= 11 is 1.37. The number of aromatic nitrogens is 3. The molecule has 3 aromatic rings. The zero-order valence-electron chi connectivity index (χ0n) is 14.2. The molecular weight excluding hydrogens is 351 g/mol. The molecule has 1 fully saturated rings. The zero-order chi connectivity index (χ0) is 17.9. The second-order valence-corrected chi connectivity index (χ2v) is 7.33. The molecule has 134 valence electrons. The van der Waals surface area contributed by atoms with Gasteiger partial charge in [0, 0.05) is 17.9 Å². The standard InChI is InChI=1S/C19H19FN4OS/c20-13-7-9-15(10-8-13)24-18-16(6-3-11-21-18)23-19(24)26-12-17(25)22-14-4-1-2-5-14/h3,6-11,14H,1-2,4-5,12H2,(H,22,25). The number of fused-ring (bicyclic) bond motifs is 1. The van der Waals surface area contributed by atoms with Crippen LogP contribution in [0, 0.1) is 5.82 Å². The number of nitrogens with one attached hydrogen (secondary N) is 1. The van der Waals surface area contributed by atoms with Gasteiger partial charge in [-0.15, -0.1) is 0 Å². The van der Waals surface area contributed by atoms with Gasteiger partial charge < -0.3 is 5.32 Å². The van der Waals surface area contributed by atoms with Crippen LogP contribution < -0.4 is 5.32 Å². The van der Waals surface area contributed by atoms with Crippen molar-refractivity contribution in [2.45, 2.75) is 36.9 Å². The van der Waals surface area contributed by atoms with Crippen molar-refractivity contribution >= 4 is 28.8 Å². The molecule has 1 N–H and O–H groups in total. The van der Waals surface area contributed by atoms with Crippen molar-refractivity contribution in [3.63, 3.8) is 0 Å². The molecule has 0 aliphatic heterocycles. The van der Waals surface area contributed by atoms with E-state index in [1.807, 2.05) is 16.7 Å². The molecular formula is C19H19FN4OS. The minimum atomic E-state index is -0.295. The number of pyridine rings is 1. The van der Waals surface area contributed by atoms with Gasteiger partial charge in [0.15, 0.2) is 10.8 Å². The molecule has 1 amide bonds. The number of carbonyl (C=O) groups excluding carboxylic acids is 1. The second-order valence-electron chi connectivity index (χ2n) is 6.39. The van der Waals surface area contributed by atoms with Gasteiger partial charge in [-0.3, -0.25) is 9.36 Å². The van der Waals surface area contributed by atoms with Crippen LogP contribution in [0.3, 0.4) is 0 Å². The molecule has 2 heterocycles. The molecule has 1 saturated carbocycles. The number of thioether (sulfide) groups is 1. The summed E-state index contributed by atoms with van der Waals surface area (Å²) < 4.78 is 15.2. The summed E-state index contributed by atoms with van der Waals surface area (Å²) in [6, 6.07) is 10.2. The molecule has 1 aliphatic rings. The van der Waals surface area contributed by atoms with Gasteiger partial charge in [-0.1, -0.05) is 24.6 Å². The summed E-state index contributed by atoms with van der Waals surface area (Å²) in [6.45, 7) is 0. The fourth-order valence-corrected chi connectivity index (χ4v) is 4.11. The van der Waals surface area contributed by atoms with Crippen LogP contribution in [0.25, 0.3) is 16.9 Å². The third-order valence-corrected chi connectivity index (χ3v) is 5.46. The molecule has 7 heteroatoms. The molecule has 2 aromatic heterocycles. The summed E-state index contributed by atoms with van der Waals surface area (Å²) in [7, 11) is 0. The molecule has 0 bridgehead atoms. The number of carbonyl (C=O) groups is 1. The zero-order valence-corrected chi connectivity index (χ0v) is 15.0. The Morgan fingerprint density at radius 3 is 2.77 bits per heavy atom. The number of rotatable bonds is 5. The number of nitrogens with zero attached hydrogens (tertiary/aromatic N) is 3. The van der Waals surface area contributed by atoms with Crippen LogP contribution in [0.4, 0.5) is 4.39 Å². The molecule has 1 aromatic carbocycles. The molecule has 0 unspecified atom stereocenters. The monoisotopic (exact) mass is 370 g/mol. The van der Waals surface area contributed by atoms with E-state index in [-0.39, 0.29) is 11.7 Å². The Labute approximate surface area is 155 Å². The van der Waals surface area contributed by atoms with Crippen molar-refractivity contribution < 1.29 is 9.18 Å². The van der Waals surface area contributed by atoms with Crippen LogP contribution in [0.15, 0.2) is 47.8 Å². The van der Waals surface area contributed by atoms with Crippen LogP contribution in [-0.4, -0.2) is 32.2 Å². The summed E-state index contributed by atoms with van der Waals surface area (Å²) in [4.78, 5) is 21.3. The van der Waals surface area contributed by atoms with Crippen LogP contribution in [-0.2, 0) is 4.79 Å². The van der Waals surface area contributed by atoms with Crippen molar-refractivity contribution in [3.05, 3.63) is 48.4 Å². The van der Waals surface area contributed by atoms with Gasteiger partial charge in [0.05, 0.1) is 5.75 Å². The highest BCUT2D eigenvalue weighted by Gasteiger charge is 2.19. The number of halogens is 1. The van der Waals surface area contributed by atoms with Gasteiger partial charge in [0.1, 0.15) is 11.3 Å². The molecule has 0 atom stereocenters. The molecule has 26 heavy (non-hydrogen) atoms. The fourth-order valence-electron chi connectivity index (χ4n) is 3.28. The Bertz CT molecular complexity index is 919. The Morgan fingerprint density at radius 1 is 1.23 bits per heavy atom. The van der Waals surface area contributed by atoms with Gasteiger partial charge in [0.25, 0.3) is 0 Å². The lowest BCUT2D eigenvalue weighted by Gasteiger charge is -2.12. The molecule has 4 rings (SSSR count). The van der Waals surface area contributed by atoms with E-state index < -0.39 is 0 Å². The molecule has 1 aliphatic carbocycles. The van der Waals surface area contributed by atoms with E-state index in [1.54, 1.807) is 18.3 Å². The maximum absolute atomic E-state index is 13.3. The van der Waals surface area contributed by atoms with Crippen LogP contribution in [0.2, 0.25) is 0 Å². The molecule has 0 spiro atoms. The summed E-state index contributed by atoms with van der Waals surface area (Å²) in [5, 5.41) is 3.76. The maximum Gasteiger partial charge on any atom is 0.230 e. The highest BCUT2D eigenvalue weighted by molar-refractivity contribution is 7.99. The first-order chi connectivity index (χ1) is 12.7.